The molecule has 1 aromatic carbocycles. The highest BCUT2D eigenvalue weighted by Crippen LogP contribution is 2.18. The van der Waals surface area contributed by atoms with E-state index in [0.717, 1.165) is 30.2 Å². The summed E-state index contributed by atoms with van der Waals surface area (Å²) in [5, 5.41) is 3.66. The first-order valence-electron chi connectivity index (χ1n) is 7.21. The van der Waals surface area contributed by atoms with Crippen LogP contribution in [0.2, 0.25) is 5.02 Å². The SMILES string of the molecule is CSC(=O)NCC(C)CCC(C)COc1ccc(Cl)cc1. The average Bonchev–Trinajstić information content (AvgIpc) is 2.49. The van der Waals surface area contributed by atoms with Crippen LogP contribution in [0.3, 0.4) is 0 Å². The van der Waals surface area contributed by atoms with Crippen LogP contribution in [0.4, 0.5) is 4.79 Å². The quantitative estimate of drug-likeness (QED) is 0.741. The maximum atomic E-state index is 11.2. The lowest BCUT2D eigenvalue weighted by Gasteiger charge is -2.16. The molecule has 1 N–H and O–H groups in total. The van der Waals surface area contributed by atoms with Crippen molar-refractivity contribution in [2.45, 2.75) is 26.7 Å². The third-order valence-corrected chi connectivity index (χ3v) is 4.05. The van der Waals surface area contributed by atoms with Gasteiger partial charge in [0.1, 0.15) is 5.75 Å². The Balaban J connectivity index is 2.17. The molecule has 1 aromatic rings. The van der Waals surface area contributed by atoms with Crippen LogP contribution in [0.1, 0.15) is 26.7 Å². The van der Waals surface area contributed by atoms with E-state index < -0.39 is 0 Å². The largest absolute Gasteiger partial charge is 0.493 e. The molecule has 0 saturated heterocycles. The van der Waals surface area contributed by atoms with Crippen LogP contribution in [-0.4, -0.2) is 24.6 Å². The number of benzene rings is 1. The van der Waals surface area contributed by atoms with Crippen LogP contribution < -0.4 is 10.1 Å². The second kappa shape index (κ2) is 9.96. The van der Waals surface area contributed by atoms with Crippen LogP contribution in [-0.2, 0) is 0 Å². The Hall–Kier alpha value is -0.870. The Bertz CT molecular complexity index is 425. The van der Waals surface area contributed by atoms with Gasteiger partial charge in [0.05, 0.1) is 6.61 Å². The number of ether oxygens (including phenoxy) is 1. The number of nitrogens with one attached hydrogen (secondary N) is 1. The number of hydrogen-bond acceptors (Lipinski definition) is 3. The normalized spacial score (nSPS) is 13.5. The predicted molar refractivity (Wildman–Crippen MR) is 91.4 cm³/mol. The molecular formula is C16H24ClNO2S. The highest BCUT2D eigenvalue weighted by Gasteiger charge is 2.09. The lowest BCUT2D eigenvalue weighted by Crippen LogP contribution is -2.25. The standard InChI is InChI=1S/C16H24ClNO2S/c1-12(10-18-16(19)21-3)4-5-13(2)11-20-15-8-6-14(17)7-9-15/h6-9,12-13H,4-5,10-11H2,1-3H3,(H,18,19). The minimum Gasteiger partial charge on any atom is -0.493 e. The van der Waals surface area contributed by atoms with E-state index in [4.69, 9.17) is 16.3 Å². The first-order chi connectivity index (χ1) is 10.0. The fourth-order valence-corrected chi connectivity index (χ4v) is 2.21. The molecule has 0 bridgehead atoms. The number of carbonyl (C=O) groups excluding carboxylic acids is 1. The number of rotatable bonds is 8. The van der Waals surface area contributed by atoms with Crippen LogP contribution in [0.25, 0.3) is 0 Å². The van der Waals surface area contributed by atoms with E-state index in [1.807, 2.05) is 24.3 Å². The van der Waals surface area contributed by atoms with Gasteiger partial charge in [-0.3, -0.25) is 4.79 Å². The van der Waals surface area contributed by atoms with E-state index in [9.17, 15) is 4.79 Å². The predicted octanol–water partition coefficient (Wildman–Crippen LogP) is 4.84. The third-order valence-electron chi connectivity index (χ3n) is 3.28. The second-order valence-electron chi connectivity index (χ2n) is 5.43. The Morgan fingerprint density at radius 2 is 1.86 bits per heavy atom. The molecule has 0 aliphatic rings. The van der Waals surface area contributed by atoms with Gasteiger partial charge in [-0.2, -0.15) is 0 Å². The number of hydrogen-bond donors (Lipinski definition) is 1. The molecule has 1 rings (SSSR count). The second-order valence-corrected chi connectivity index (χ2v) is 6.64. The molecule has 2 unspecified atom stereocenters. The van der Waals surface area contributed by atoms with Gasteiger partial charge in [0, 0.05) is 11.6 Å². The van der Waals surface area contributed by atoms with Gasteiger partial charge in [0.25, 0.3) is 5.24 Å². The first kappa shape index (κ1) is 18.2. The molecule has 0 aromatic heterocycles. The minimum atomic E-state index is 0.0426. The topological polar surface area (TPSA) is 38.3 Å². The number of amides is 1. The molecule has 0 heterocycles. The molecule has 5 heteroatoms. The van der Waals surface area contributed by atoms with Crippen LogP contribution in [0.15, 0.2) is 24.3 Å². The molecule has 118 valence electrons. The molecule has 0 saturated carbocycles. The highest BCUT2D eigenvalue weighted by atomic mass is 35.5. The van der Waals surface area contributed by atoms with E-state index in [0.29, 0.717) is 18.4 Å². The summed E-state index contributed by atoms with van der Waals surface area (Å²) in [7, 11) is 0. The lowest BCUT2D eigenvalue weighted by molar-refractivity contribution is 0.241. The van der Waals surface area contributed by atoms with Gasteiger partial charge in [0.15, 0.2) is 0 Å². The molecule has 21 heavy (non-hydrogen) atoms. The van der Waals surface area contributed by atoms with Crippen molar-refractivity contribution in [2.75, 3.05) is 19.4 Å². The fraction of sp³-hybridized carbons (Fsp3) is 0.562. The third kappa shape index (κ3) is 8.22. The summed E-state index contributed by atoms with van der Waals surface area (Å²) in [5.74, 6) is 1.82. The van der Waals surface area contributed by atoms with Gasteiger partial charge < -0.3 is 10.1 Å². The van der Waals surface area contributed by atoms with E-state index in [1.165, 1.54) is 11.8 Å². The smallest absolute Gasteiger partial charge is 0.278 e. The fourth-order valence-electron chi connectivity index (χ4n) is 1.85. The first-order valence-corrected chi connectivity index (χ1v) is 8.81. The van der Waals surface area contributed by atoms with Gasteiger partial charge in [0.2, 0.25) is 0 Å². The van der Waals surface area contributed by atoms with Gasteiger partial charge in [-0.25, -0.2) is 0 Å². The van der Waals surface area contributed by atoms with Crippen LogP contribution in [0, 0.1) is 11.8 Å². The Morgan fingerprint density at radius 1 is 1.24 bits per heavy atom. The molecule has 0 spiro atoms. The Morgan fingerprint density at radius 3 is 2.48 bits per heavy atom. The summed E-state index contributed by atoms with van der Waals surface area (Å²) < 4.78 is 5.74. The minimum absolute atomic E-state index is 0.0426. The zero-order chi connectivity index (χ0) is 15.7. The van der Waals surface area contributed by atoms with Crippen molar-refractivity contribution < 1.29 is 9.53 Å². The van der Waals surface area contributed by atoms with Gasteiger partial charge in [-0.15, -0.1) is 0 Å². The van der Waals surface area contributed by atoms with Gasteiger partial charge >= 0.3 is 0 Å². The Kier molecular flexibility index (Phi) is 8.62. The summed E-state index contributed by atoms with van der Waals surface area (Å²) in [5.41, 5.74) is 0. The van der Waals surface area contributed by atoms with Gasteiger partial charge in [-0.1, -0.05) is 37.2 Å². The molecule has 0 aliphatic heterocycles. The van der Waals surface area contributed by atoms with E-state index in [1.54, 1.807) is 6.26 Å². The monoisotopic (exact) mass is 329 g/mol. The molecule has 2 atom stereocenters. The van der Waals surface area contributed by atoms with Crippen molar-refractivity contribution in [2.24, 2.45) is 11.8 Å². The average molecular weight is 330 g/mol. The van der Waals surface area contributed by atoms with Crippen molar-refractivity contribution in [3.63, 3.8) is 0 Å². The molecule has 0 radical (unpaired) electrons. The zero-order valence-corrected chi connectivity index (χ0v) is 14.5. The van der Waals surface area contributed by atoms with E-state index in [2.05, 4.69) is 19.2 Å². The van der Waals surface area contributed by atoms with Crippen LogP contribution >= 0.6 is 23.4 Å². The summed E-state index contributed by atoms with van der Waals surface area (Å²) in [4.78, 5) is 11.2. The summed E-state index contributed by atoms with van der Waals surface area (Å²) in [6.45, 7) is 5.78. The number of halogens is 1. The Labute approximate surface area is 136 Å². The van der Waals surface area contributed by atoms with E-state index >= 15 is 0 Å². The molecule has 0 aliphatic carbocycles. The molecular weight excluding hydrogens is 306 g/mol. The number of carbonyl (C=O) groups is 1. The van der Waals surface area contributed by atoms with Gasteiger partial charge in [-0.05, 0) is 55.2 Å². The van der Waals surface area contributed by atoms with Crippen molar-refractivity contribution in [1.82, 2.24) is 5.32 Å². The summed E-state index contributed by atoms with van der Waals surface area (Å²) in [6.07, 6.45) is 3.96. The zero-order valence-electron chi connectivity index (χ0n) is 12.9. The maximum absolute atomic E-state index is 11.2. The molecule has 1 amide bonds. The highest BCUT2D eigenvalue weighted by molar-refractivity contribution is 8.12. The maximum Gasteiger partial charge on any atom is 0.278 e. The summed E-state index contributed by atoms with van der Waals surface area (Å²) >= 11 is 7.05. The number of thioether (sulfide) groups is 1. The van der Waals surface area contributed by atoms with Crippen LogP contribution in [0.5, 0.6) is 5.75 Å². The van der Waals surface area contributed by atoms with Crippen molar-refractivity contribution in [3.8, 4) is 5.75 Å². The van der Waals surface area contributed by atoms with Crippen molar-refractivity contribution >= 4 is 28.6 Å². The molecule has 0 fully saturated rings. The van der Waals surface area contributed by atoms with Crippen molar-refractivity contribution in [3.05, 3.63) is 29.3 Å². The summed E-state index contributed by atoms with van der Waals surface area (Å²) in [6, 6.07) is 7.43. The molecule has 3 nitrogen and oxygen atoms in total. The lowest BCUT2D eigenvalue weighted by atomic mass is 9.98. The van der Waals surface area contributed by atoms with E-state index in [-0.39, 0.29) is 5.24 Å². The van der Waals surface area contributed by atoms with Crippen molar-refractivity contribution in [1.29, 1.82) is 0 Å².